The molecule has 3 nitrogen and oxygen atoms in total. The van der Waals surface area contributed by atoms with Crippen molar-refractivity contribution in [2.45, 2.75) is 25.8 Å². The molecule has 124 valence electrons. The van der Waals surface area contributed by atoms with E-state index in [-0.39, 0.29) is 5.82 Å². The highest BCUT2D eigenvalue weighted by atomic mass is 19.1. The van der Waals surface area contributed by atoms with Crippen molar-refractivity contribution in [2.24, 2.45) is 0 Å². The Balaban J connectivity index is 1.95. The standard InChI is InChI=1S/C20H20FNO2/c1-20(2,14-16-8-11-17(21)12-9-16)22-19(24)18(23)13-10-15-6-4-3-5-7-15/h3-13H,14H2,1-2H3,(H,22,24). The summed E-state index contributed by atoms with van der Waals surface area (Å²) in [4.78, 5) is 24.0. The molecule has 0 saturated carbocycles. The fraction of sp³-hybridized carbons (Fsp3) is 0.200. The summed E-state index contributed by atoms with van der Waals surface area (Å²) in [6.07, 6.45) is 3.36. The largest absolute Gasteiger partial charge is 0.344 e. The van der Waals surface area contributed by atoms with Gasteiger partial charge in [0.05, 0.1) is 0 Å². The van der Waals surface area contributed by atoms with Crippen molar-refractivity contribution in [3.05, 3.63) is 77.6 Å². The van der Waals surface area contributed by atoms with Crippen LogP contribution in [0.3, 0.4) is 0 Å². The third kappa shape index (κ3) is 5.47. The normalized spacial score (nSPS) is 11.5. The predicted octanol–water partition coefficient (Wildman–Crippen LogP) is 3.55. The van der Waals surface area contributed by atoms with Crippen LogP contribution in [0.2, 0.25) is 0 Å². The maximum atomic E-state index is 12.9. The maximum Gasteiger partial charge on any atom is 0.292 e. The quantitative estimate of drug-likeness (QED) is 0.652. The summed E-state index contributed by atoms with van der Waals surface area (Å²) in [5.41, 5.74) is 1.11. The highest BCUT2D eigenvalue weighted by Crippen LogP contribution is 2.13. The van der Waals surface area contributed by atoms with Crippen molar-refractivity contribution in [2.75, 3.05) is 0 Å². The number of nitrogens with one attached hydrogen (secondary N) is 1. The number of carbonyl (C=O) groups is 2. The molecule has 0 radical (unpaired) electrons. The molecule has 0 unspecified atom stereocenters. The zero-order valence-corrected chi connectivity index (χ0v) is 13.8. The van der Waals surface area contributed by atoms with Crippen molar-refractivity contribution in [1.82, 2.24) is 5.32 Å². The minimum absolute atomic E-state index is 0.304. The number of benzene rings is 2. The van der Waals surface area contributed by atoms with Crippen LogP contribution in [-0.4, -0.2) is 17.2 Å². The van der Waals surface area contributed by atoms with Crippen LogP contribution < -0.4 is 5.32 Å². The molecule has 24 heavy (non-hydrogen) atoms. The van der Waals surface area contributed by atoms with Gasteiger partial charge in [0.2, 0.25) is 5.78 Å². The lowest BCUT2D eigenvalue weighted by molar-refractivity contribution is -0.136. The zero-order chi connectivity index (χ0) is 17.6. The van der Waals surface area contributed by atoms with Crippen LogP contribution in [-0.2, 0) is 16.0 Å². The van der Waals surface area contributed by atoms with Crippen molar-refractivity contribution < 1.29 is 14.0 Å². The topological polar surface area (TPSA) is 46.2 Å². The number of carbonyl (C=O) groups excluding carboxylic acids is 2. The molecule has 0 aliphatic rings. The van der Waals surface area contributed by atoms with Crippen molar-refractivity contribution in [3.8, 4) is 0 Å². The van der Waals surface area contributed by atoms with Crippen LogP contribution >= 0.6 is 0 Å². The van der Waals surface area contributed by atoms with Gasteiger partial charge in [0, 0.05) is 5.54 Å². The van der Waals surface area contributed by atoms with Crippen LogP contribution in [0.15, 0.2) is 60.7 Å². The molecule has 4 heteroatoms. The molecule has 2 aromatic rings. The first-order valence-corrected chi connectivity index (χ1v) is 7.70. The average Bonchev–Trinajstić information content (AvgIpc) is 2.55. The maximum absolute atomic E-state index is 12.9. The van der Waals surface area contributed by atoms with E-state index in [2.05, 4.69) is 5.32 Å². The van der Waals surface area contributed by atoms with Crippen LogP contribution in [0.5, 0.6) is 0 Å². The summed E-state index contributed by atoms with van der Waals surface area (Å²) < 4.78 is 12.9. The van der Waals surface area contributed by atoms with Crippen LogP contribution in [0.4, 0.5) is 4.39 Å². The first-order valence-electron chi connectivity index (χ1n) is 7.70. The van der Waals surface area contributed by atoms with Gasteiger partial charge in [0.25, 0.3) is 5.91 Å². The number of halogens is 1. The predicted molar refractivity (Wildman–Crippen MR) is 92.8 cm³/mol. The van der Waals surface area contributed by atoms with E-state index in [9.17, 15) is 14.0 Å². The number of rotatable bonds is 6. The zero-order valence-electron chi connectivity index (χ0n) is 13.8. The van der Waals surface area contributed by atoms with Crippen LogP contribution in [0.25, 0.3) is 6.08 Å². The molecule has 0 bridgehead atoms. The fourth-order valence-corrected chi connectivity index (χ4v) is 2.34. The molecule has 1 amide bonds. The minimum Gasteiger partial charge on any atom is -0.344 e. The molecule has 0 fully saturated rings. The highest BCUT2D eigenvalue weighted by molar-refractivity contribution is 6.41. The number of amides is 1. The Labute approximate surface area is 141 Å². The number of hydrogen-bond acceptors (Lipinski definition) is 2. The molecular weight excluding hydrogens is 305 g/mol. The Morgan fingerprint density at radius 3 is 2.29 bits per heavy atom. The fourth-order valence-electron chi connectivity index (χ4n) is 2.34. The lowest BCUT2D eigenvalue weighted by atomic mass is 9.94. The third-order valence-corrected chi connectivity index (χ3v) is 3.46. The Morgan fingerprint density at radius 1 is 1.04 bits per heavy atom. The van der Waals surface area contributed by atoms with Gasteiger partial charge in [-0.15, -0.1) is 0 Å². The van der Waals surface area contributed by atoms with Crippen molar-refractivity contribution in [1.29, 1.82) is 0 Å². The van der Waals surface area contributed by atoms with Gasteiger partial charge in [-0.3, -0.25) is 9.59 Å². The number of ketones is 1. The average molecular weight is 325 g/mol. The van der Waals surface area contributed by atoms with Gasteiger partial charge in [-0.05, 0) is 49.6 Å². The van der Waals surface area contributed by atoms with Gasteiger partial charge in [0.1, 0.15) is 5.82 Å². The number of hydrogen-bond donors (Lipinski definition) is 1. The summed E-state index contributed by atoms with van der Waals surface area (Å²) in [7, 11) is 0. The van der Waals surface area contributed by atoms with Crippen LogP contribution in [0.1, 0.15) is 25.0 Å². The van der Waals surface area contributed by atoms with E-state index in [0.717, 1.165) is 11.1 Å². The molecule has 0 atom stereocenters. The molecule has 0 aliphatic carbocycles. The van der Waals surface area contributed by atoms with E-state index in [1.165, 1.54) is 18.2 Å². The van der Waals surface area contributed by atoms with Crippen LogP contribution in [0, 0.1) is 5.82 Å². The van der Waals surface area contributed by atoms with Crippen molar-refractivity contribution >= 4 is 17.8 Å². The lowest BCUT2D eigenvalue weighted by Gasteiger charge is -2.25. The van der Waals surface area contributed by atoms with E-state index < -0.39 is 17.2 Å². The molecule has 0 spiro atoms. The Hall–Kier alpha value is -2.75. The van der Waals surface area contributed by atoms with Gasteiger partial charge < -0.3 is 5.32 Å². The Morgan fingerprint density at radius 2 is 1.67 bits per heavy atom. The van der Waals surface area contributed by atoms with E-state index in [1.807, 2.05) is 44.2 Å². The molecular formula is C20H20FNO2. The second-order valence-corrected chi connectivity index (χ2v) is 6.25. The Bertz CT molecular complexity index is 734. The van der Waals surface area contributed by atoms with Gasteiger partial charge in [-0.25, -0.2) is 4.39 Å². The molecule has 1 N–H and O–H groups in total. The first kappa shape index (κ1) is 17.6. The van der Waals surface area contributed by atoms with Crippen molar-refractivity contribution in [3.63, 3.8) is 0 Å². The third-order valence-electron chi connectivity index (χ3n) is 3.46. The smallest absolute Gasteiger partial charge is 0.292 e. The molecule has 0 aliphatic heterocycles. The lowest BCUT2D eigenvalue weighted by Crippen LogP contribution is -2.47. The second kappa shape index (κ2) is 7.68. The van der Waals surface area contributed by atoms with Gasteiger partial charge >= 0.3 is 0 Å². The summed E-state index contributed by atoms with van der Waals surface area (Å²) in [6, 6.07) is 15.4. The monoisotopic (exact) mass is 325 g/mol. The van der Waals surface area contributed by atoms with Gasteiger partial charge in [-0.2, -0.15) is 0 Å². The van der Waals surface area contributed by atoms with E-state index in [0.29, 0.717) is 6.42 Å². The van der Waals surface area contributed by atoms with E-state index in [1.54, 1.807) is 18.2 Å². The molecule has 0 saturated heterocycles. The molecule has 2 rings (SSSR count). The molecule has 0 aromatic heterocycles. The minimum atomic E-state index is -0.658. The molecule has 0 heterocycles. The van der Waals surface area contributed by atoms with Gasteiger partial charge in [0.15, 0.2) is 0 Å². The highest BCUT2D eigenvalue weighted by Gasteiger charge is 2.23. The van der Waals surface area contributed by atoms with E-state index in [4.69, 9.17) is 0 Å². The summed E-state index contributed by atoms with van der Waals surface area (Å²) in [5, 5.41) is 2.72. The summed E-state index contributed by atoms with van der Waals surface area (Å²) >= 11 is 0. The summed E-state index contributed by atoms with van der Waals surface area (Å²) in [5.74, 6) is -1.57. The van der Waals surface area contributed by atoms with Gasteiger partial charge in [-0.1, -0.05) is 48.5 Å². The Kier molecular flexibility index (Phi) is 5.64. The first-order chi connectivity index (χ1) is 11.4. The summed E-state index contributed by atoms with van der Waals surface area (Å²) in [6.45, 7) is 3.64. The SMILES string of the molecule is CC(C)(Cc1ccc(F)cc1)NC(=O)C(=O)C=Cc1ccccc1. The second-order valence-electron chi connectivity index (χ2n) is 6.25. The molecule has 2 aromatic carbocycles. The van der Waals surface area contributed by atoms with E-state index >= 15 is 0 Å².